The average Bonchev–Trinajstić information content (AvgIpc) is 2.30. The van der Waals surface area contributed by atoms with Gasteiger partial charge in [0, 0.05) is 11.0 Å². The van der Waals surface area contributed by atoms with E-state index in [4.69, 9.17) is 4.74 Å². The van der Waals surface area contributed by atoms with E-state index in [2.05, 4.69) is 36.1 Å². The molecule has 0 aliphatic rings. The van der Waals surface area contributed by atoms with Crippen molar-refractivity contribution >= 4 is 22.6 Å². The summed E-state index contributed by atoms with van der Waals surface area (Å²) in [5.41, 5.74) is 0. The molecular weight excluding hydrogens is 311 g/mol. The number of unbranched alkanes of at least 4 members (excludes halogenated alkanes) is 5. The lowest BCUT2D eigenvalue weighted by atomic mass is 10.0. The van der Waals surface area contributed by atoms with Crippen LogP contribution in [0, 0.1) is 0 Å². The number of hydrogen-bond acceptors (Lipinski definition) is 1. The average molecular weight is 338 g/mol. The van der Waals surface area contributed by atoms with Gasteiger partial charge < -0.3 is 4.74 Å². The maximum absolute atomic E-state index is 5.47. The molecule has 0 unspecified atom stereocenters. The Morgan fingerprint density at radius 1 is 1.19 bits per heavy atom. The summed E-state index contributed by atoms with van der Waals surface area (Å²) in [6, 6.07) is 0. The van der Waals surface area contributed by atoms with Gasteiger partial charge in [0.05, 0.1) is 6.10 Å². The lowest BCUT2D eigenvalue weighted by Gasteiger charge is -2.19. The summed E-state index contributed by atoms with van der Waals surface area (Å²) in [5, 5.41) is 0. The maximum Gasteiger partial charge on any atom is 0.0723 e. The predicted molar refractivity (Wildman–Crippen MR) is 81.4 cm³/mol. The molecule has 0 heterocycles. The van der Waals surface area contributed by atoms with Crippen molar-refractivity contribution in [2.24, 2.45) is 0 Å². The molecule has 2 atom stereocenters. The van der Waals surface area contributed by atoms with Crippen molar-refractivity contribution in [1.29, 1.82) is 0 Å². The van der Waals surface area contributed by atoms with Crippen molar-refractivity contribution in [2.75, 3.05) is 7.11 Å². The van der Waals surface area contributed by atoms with Crippen molar-refractivity contribution in [3.05, 3.63) is 12.7 Å². The summed E-state index contributed by atoms with van der Waals surface area (Å²) < 4.78 is 6.10. The maximum atomic E-state index is 5.47. The molecule has 0 radical (unpaired) electrons. The summed E-state index contributed by atoms with van der Waals surface area (Å²) in [4.78, 5) is 0. The number of rotatable bonds is 11. The molecule has 0 aliphatic heterocycles. The Morgan fingerprint density at radius 2 is 1.81 bits per heavy atom. The lowest BCUT2D eigenvalue weighted by Crippen LogP contribution is -2.22. The molecule has 0 amide bonds. The molecule has 0 aliphatic carbocycles. The molecule has 0 bridgehead atoms. The summed E-state index contributed by atoms with van der Waals surface area (Å²) >= 11 is 2.52. The molecule has 0 aromatic rings. The van der Waals surface area contributed by atoms with E-state index >= 15 is 0 Å². The van der Waals surface area contributed by atoms with Gasteiger partial charge in [-0.25, -0.2) is 0 Å². The van der Waals surface area contributed by atoms with E-state index in [9.17, 15) is 0 Å². The molecule has 0 saturated carbocycles. The minimum atomic E-state index is 0.355. The second kappa shape index (κ2) is 11.9. The van der Waals surface area contributed by atoms with Crippen LogP contribution in [0.25, 0.3) is 0 Å². The number of alkyl halides is 1. The minimum absolute atomic E-state index is 0.355. The smallest absolute Gasteiger partial charge is 0.0723 e. The third-order valence-electron chi connectivity index (χ3n) is 2.94. The van der Waals surface area contributed by atoms with Crippen LogP contribution in [0.4, 0.5) is 0 Å². The van der Waals surface area contributed by atoms with Gasteiger partial charge >= 0.3 is 0 Å². The third-order valence-corrected chi connectivity index (χ3v) is 4.36. The first-order valence-electron chi connectivity index (χ1n) is 6.54. The van der Waals surface area contributed by atoms with Crippen molar-refractivity contribution < 1.29 is 4.74 Å². The quantitative estimate of drug-likeness (QED) is 0.220. The first-order chi connectivity index (χ1) is 7.76. The zero-order valence-electron chi connectivity index (χ0n) is 10.9. The first kappa shape index (κ1) is 16.4. The van der Waals surface area contributed by atoms with Crippen LogP contribution in [0.5, 0.6) is 0 Å². The van der Waals surface area contributed by atoms with Gasteiger partial charge in [-0.1, -0.05) is 74.1 Å². The molecule has 0 spiro atoms. The monoisotopic (exact) mass is 338 g/mol. The van der Waals surface area contributed by atoms with Crippen LogP contribution in [0.1, 0.15) is 58.3 Å². The molecule has 0 N–H and O–H groups in total. The van der Waals surface area contributed by atoms with E-state index in [1.165, 1.54) is 44.9 Å². The van der Waals surface area contributed by atoms with Crippen LogP contribution in [0.3, 0.4) is 0 Å². The van der Waals surface area contributed by atoms with Gasteiger partial charge in [-0.3, -0.25) is 0 Å². The Labute approximate surface area is 115 Å². The van der Waals surface area contributed by atoms with Crippen LogP contribution in [-0.4, -0.2) is 17.1 Å². The van der Waals surface area contributed by atoms with Crippen molar-refractivity contribution in [3.63, 3.8) is 0 Å². The fourth-order valence-corrected chi connectivity index (χ4v) is 2.89. The molecule has 96 valence electrons. The minimum Gasteiger partial charge on any atom is -0.380 e. The van der Waals surface area contributed by atoms with Crippen molar-refractivity contribution in [3.8, 4) is 0 Å². The Bertz CT molecular complexity index is 159. The van der Waals surface area contributed by atoms with Crippen molar-refractivity contribution in [2.45, 2.75) is 68.3 Å². The molecule has 0 fully saturated rings. The number of methoxy groups -OCH3 is 1. The Hall–Kier alpha value is 0.430. The Kier molecular flexibility index (Phi) is 12.2. The summed E-state index contributed by atoms with van der Waals surface area (Å²) in [7, 11) is 1.81. The van der Waals surface area contributed by atoms with Gasteiger partial charge in [-0.2, -0.15) is 0 Å². The summed E-state index contributed by atoms with van der Waals surface area (Å²) in [6.45, 7) is 6.04. The molecule has 0 rings (SSSR count). The number of hydrogen-bond donors (Lipinski definition) is 0. The van der Waals surface area contributed by atoms with E-state index in [0.29, 0.717) is 10.0 Å². The van der Waals surface area contributed by atoms with E-state index in [1.807, 2.05) is 6.08 Å². The highest BCUT2D eigenvalue weighted by Gasteiger charge is 2.15. The second-order valence-corrected chi connectivity index (χ2v) is 5.97. The number of halogens is 1. The Morgan fingerprint density at radius 3 is 2.38 bits per heavy atom. The van der Waals surface area contributed by atoms with E-state index in [1.54, 1.807) is 7.11 Å². The SMILES string of the molecule is C=CC[C@@H](OC)[C@@H](I)CCCCCCCC. The van der Waals surface area contributed by atoms with Crippen molar-refractivity contribution in [1.82, 2.24) is 0 Å². The molecule has 0 saturated heterocycles. The lowest BCUT2D eigenvalue weighted by molar-refractivity contribution is 0.104. The fourth-order valence-electron chi connectivity index (χ4n) is 1.86. The second-order valence-electron chi connectivity index (χ2n) is 4.37. The normalized spacial score (nSPS) is 14.7. The van der Waals surface area contributed by atoms with E-state index < -0.39 is 0 Å². The van der Waals surface area contributed by atoms with Gasteiger partial charge in [0.15, 0.2) is 0 Å². The molecular formula is C14H27IO. The topological polar surface area (TPSA) is 9.23 Å². The highest BCUT2D eigenvalue weighted by Crippen LogP contribution is 2.20. The van der Waals surface area contributed by atoms with Crippen LogP contribution in [0.15, 0.2) is 12.7 Å². The van der Waals surface area contributed by atoms with Gasteiger partial charge in [0.25, 0.3) is 0 Å². The fraction of sp³-hybridized carbons (Fsp3) is 0.857. The summed E-state index contributed by atoms with van der Waals surface area (Å²) in [5.74, 6) is 0. The highest BCUT2D eigenvalue weighted by atomic mass is 127. The molecule has 0 aromatic heterocycles. The van der Waals surface area contributed by atoms with Crippen LogP contribution in [-0.2, 0) is 4.74 Å². The van der Waals surface area contributed by atoms with Crippen LogP contribution < -0.4 is 0 Å². The molecule has 1 nitrogen and oxygen atoms in total. The largest absolute Gasteiger partial charge is 0.380 e. The standard InChI is InChI=1S/C14H27IO/c1-4-6-7-8-9-10-12-13(15)14(16-3)11-5-2/h5,13-14H,2,4,6-12H2,1,3H3/t13-,14+/m0/s1. The Balaban J connectivity index is 3.47. The molecule has 0 aromatic carbocycles. The third kappa shape index (κ3) is 8.57. The van der Waals surface area contributed by atoms with E-state index in [0.717, 1.165) is 6.42 Å². The van der Waals surface area contributed by atoms with Gasteiger partial charge in [-0.05, 0) is 12.8 Å². The zero-order chi connectivity index (χ0) is 12.2. The van der Waals surface area contributed by atoms with Gasteiger partial charge in [0.1, 0.15) is 0 Å². The number of ether oxygens (including phenoxy) is 1. The predicted octanol–water partition coefficient (Wildman–Crippen LogP) is 5.13. The first-order valence-corrected chi connectivity index (χ1v) is 7.78. The van der Waals surface area contributed by atoms with Crippen LogP contribution >= 0.6 is 22.6 Å². The highest BCUT2D eigenvalue weighted by molar-refractivity contribution is 14.1. The van der Waals surface area contributed by atoms with Crippen LogP contribution in [0.2, 0.25) is 0 Å². The molecule has 2 heteroatoms. The van der Waals surface area contributed by atoms with E-state index in [-0.39, 0.29) is 0 Å². The van der Waals surface area contributed by atoms with Gasteiger partial charge in [-0.15, -0.1) is 6.58 Å². The zero-order valence-corrected chi connectivity index (χ0v) is 13.0. The summed E-state index contributed by atoms with van der Waals surface area (Å²) in [6.07, 6.45) is 12.8. The molecule has 16 heavy (non-hydrogen) atoms. The van der Waals surface area contributed by atoms with Gasteiger partial charge in [0.2, 0.25) is 0 Å².